The Morgan fingerprint density at radius 1 is 1.25 bits per heavy atom. The van der Waals surface area contributed by atoms with Crippen molar-refractivity contribution in [3.05, 3.63) is 46.2 Å². The van der Waals surface area contributed by atoms with Gasteiger partial charge in [-0.05, 0) is 24.0 Å². The molecule has 126 valence electrons. The second-order valence-corrected chi connectivity index (χ2v) is 6.64. The van der Waals surface area contributed by atoms with Crippen LogP contribution in [0.4, 0.5) is 0 Å². The molecule has 2 aliphatic heterocycles. The highest BCUT2D eigenvalue weighted by Gasteiger charge is 2.35. The number of fused-ring (bicyclic) bond motifs is 2. The quantitative estimate of drug-likeness (QED) is 0.906. The highest BCUT2D eigenvalue weighted by molar-refractivity contribution is 5.91. The number of amides is 1. The normalized spacial score (nSPS) is 20.7. The number of ether oxygens (including phenoxy) is 1. The van der Waals surface area contributed by atoms with Crippen LogP contribution < -0.4 is 15.6 Å². The maximum atomic E-state index is 13.1. The molecule has 24 heavy (non-hydrogen) atoms. The SMILES string of the molecule is CC(C)C=C1NC(=O)[C@@H](C(C)C)n2c1nc1c(c2=O)C=CC=CO1. The third-order valence-corrected chi connectivity index (χ3v) is 3.92. The lowest BCUT2D eigenvalue weighted by Gasteiger charge is -2.31. The molecule has 1 amide bonds. The predicted octanol–water partition coefficient (Wildman–Crippen LogP) is 2.49. The van der Waals surface area contributed by atoms with Gasteiger partial charge in [0, 0.05) is 0 Å². The minimum absolute atomic E-state index is 0.0456. The standard InChI is InChI=1S/C18H21N3O3/c1-10(2)9-13-15-20-17-12(7-5-6-8-24-17)18(23)21(15)14(11(3)4)16(22)19-13/h5-11,14H,1-4H3,(H,19,22)/t14-/m1/s1. The summed E-state index contributed by atoms with van der Waals surface area (Å²) in [7, 11) is 0. The van der Waals surface area contributed by atoms with Crippen LogP contribution in [-0.4, -0.2) is 15.5 Å². The Balaban J connectivity index is 2.33. The van der Waals surface area contributed by atoms with Crippen LogP contribution in [0.25, 0.3) is 11.8 Å². The third-order valence-electron chi connectivity index (χ3n) is 3.92. The summed E-state index contributed by atoms with van der Waals surface area (Å²) < 4.78 is 6.96. The Bertz CT molecular complexity index is 829. The number of carbonyl (C=O) groups excluding carboxylic acids is 1. The molecule has 0 aromatic carbocycles. The van der Waals surface area contributed by atoms with E-state index in [0.717, 1.165) is 0 Å². The van der Waals surface area contributed by atoms with Crippen molar-refractivity contribution in [2.75, 3.05) is 0 Å². The molecular weight excluding hydrogens is 306 g/mol. The van der Waals surface area contributed by atoms with Crippen molar-refractivity contribution in [1.82, 2.24) is 14.9 Å². The lowest BCUT2D eigenvalue weighted by molar-refractivity contribution is -0.125. The van der Waals surface area contributed by atoms with E-state index in [1.165, 1.54) is 10.8 Å². The molecule has 6 heteroatoms. The highest BCUT2D eigenvalue weighted by Crippen LogP contribution is 2.29. The van der Waals surface area contributed by atoms with Gasteiger partial charge in [-0.15, -0.1) is 0 Å². The van der Waals surface area contributed by atoms with Crippen LogP contribution in [0.3, 0.4) is 0 Å². The Morgan fingerprint density at radius 2 is 2.00 bits per heavy atom. The van der Waals surface area contributed by atoms with E-state index in [4.69, 9.17) is 4.74 Å². The Morgan fingerprint density at radius 3 is 2.67 bits per heavy atom. The first kappa shape index (κ1) is 16.2. The van der Waals surface area contributed by atoms with Gasteiger partial charge in [0.25, 0.3) is 5.56 Å². The molecule has 0 aliphatic carbocycles. The van der Waals surface area contributed by atoms with Crippen LogP contribution in [0.5, 0.6) is 5.88 Å². The van der Waals surface area contributed by atoms with Crippen molar-refractivity contribution < 1.29 is 9.53 Å². The summed E-state index contributed by atoms with van der Waals surface area (Å²) >= 11 is 0. The molecule has 0 bridgehead atoms. The zero-order chi connectivity index (χ0) is 17.4. The van der Waals surface area contributed by atoms with Crippen molar-refractivity contribution in [3.8, 4) is 5.88 Å². The molecule has 0 saturated carbocycles. The maximum Gasteiger partial charge on any atom is 0.265 e. The molecule has 0 spiro atoms. The number of hydrogen-bond donors (Lipinski definition) is 1. The number of allylic oxidation sites excluding steroid dienone is 3. The van der Waals surface area contributed by atoms with E-state index in [1.807, 2.05) is 33.8 Å². The third kappa shape index (κ3) is 2.68. The number of hydrogen-bond acceptors (Lipinski definition) is 4. The van der Waals surface area contributed by atoms with E-state index in [-0.39, 0.29) is 29.2 Å². The zero-order valence-corrected chi connectivity index (χ0v) is 14.2. The average Bonchev–Trinajstić information content (AvgIpc) is 2.73. The van der Waals surface area contributed by atoms with Gasteiger partial charge < -0.3 is 10.1 Å². The summed E-state index contributed by atoms with van der Waals surface area (Å²) in [5.41, 5.74) is 0.638. The molecule has 1 atom stereocenters. The summed E-state index contributed by atoms with van der Waals surface area (Å²) in [4.78, 5) is 30.2. The molecule has 0 saturated heterocycles. The van der Waals surface area contributed by atoms with Gasteiger partial charge in [-0.3, -0.25) is 14.2 Å². The molecule has 2 aliphatic rings. The molecule has 1 N–H and O–H groups in total. The Kier molecular flexibility index (Phi) is 4.13. The lowest BCUT2D eigenvalue weighted by Crippen LogP contribution is -2.47. The van der Waals surface area contributed by atoms with Crippen LogP contribution in [0.15, 0.2) is 29.3 Å². The fourth-order valence-corrected chi connectivity index (χ4v) is 2.94. The summed E-state index contributed by atoms with van der Waals surface area (Å²) in [6.07, 6.45) is 8.46. The van der Waals surface area contributed by atoms with E-state index in [1.54, 1.807) is 18.2 Å². The van der Waals surface area contributed by atoms with Gasteiger partial charge in [0.15, 0.2) is 5.82 Å². The van der Waals surface area contributed by atoms with Crippen molar-refractivity contribution in [1.29, 1.82) is 0 Å². The van der Waals surface area contributed by atoms with Gasteiger partial charge >= 0.3 is 0 Å². The number of nitrogens with zero attached hydrogens (tertiary/aromatic N) is 2. The first-order valence-electron chi connectivity index (χ1n) is 8.09. The summed E-state index contributed by atoms with van der Waals surface area (Å²) in [6.45, 7) is 7.83. The number of aromatic nitrogens is 2. The largest absolute Gasteiger partial charge is 0.446 e. The van der Waals surface area contributed by atoms with E-state index < -0.39 is 6.04 Å². The monoisotopic (exact) mass is 327 g/mol. The van der Waals surface area contributed by atoms with E-state index >= 15 is 0 Å². The van der Waals surface area contributed by atoms with Crippen molar-refractivity contribution in [2.45, 2.75) is 33.7 Å². The van der Waals surface area contributed by atoms with Crippen molar-refractivity contribution in [2.24, 2.45) is 11.8 Å². The van der Waals surface area contributed by atoms with Crippen molar-refractivity contribution in [3.63, 3.8) is 0 Å². The fraction of sp³-hybridized carbons (Fsp3) is 0.389. The Labute approximate surface area is 140 Å². The van der Waals surface area contributed by atoms with Crippen molar-refractivity contribution >= 4 is 17.7 Å². The van der Waals surface area contributed by atoms with Crippen LogP contribution in [-0.2, 0) is 4.79 Å². The summed E-state index contributed by atoms with van der Waals surface area (Å²) in [5.74, 6) is 0.653. The van der Waals surface area contributed by atoms with Gasteiger partial charge in [0.1, 0.15) is 11.6 Å². The second-order valence-electron chi connectivity index (χ2n) is 6.64. The fourth-order valence-electron chi connectivity index (χ4n) is 2.94. The molecular formula is C18H21N3O3. The topological polar surface area (TPSA) is 73.2 Å². The van der Waals surface area contributed by atoms with Gasteiger partial charge in [0.2, 0.25) is 11.8 Å². The highest BCUT2D eigenvalue weighted by atomic mass is 16.5. The summed E-state index contributed by atoms with van der Waals surface area (Å²) in [6, 6.07) is -0.598. The van der Waals surface area contributed by atoms with Crippen LogP contribution in [0.1, 0.15) is 45.1 Å². The second kappa shape index (κ2) is 6.11. The maximum absolute atomic E-state index is 13.1. The van der Waals surface area contributed by atoms with Gasteiger partial charge in [-0.25, -0.2) is 0 Å². The van der Waals surface area contributed by atoms with Crippen LogP contribution in [0, 0.1) is 11.8 Å². The molecule has 6 nitrogen and oxygen atoms in total. The van der Waals surface area contributed by atoms with E-state index in [2.05, 4.69) is 10.3 Å². The Hall–Kier alpha value is -2.63. The molecule has 3 heterocycles. The van der Waals surface area contributed by atoms with Gasteiger partial charge in [-0.2, -0.15) is 4.98 Å². The van der Waals surface area contributed by atoms with E-state index in [9.17, 15) is 9.59 Å². The number of rotatable bonds is 2. The van der Waals surface area contributed by atoms with Crippen LogP contribution >= 0.6 is 0 Å². The molecule has 1 aromatic heterocycles. The first-order valence-corrected chi connectivity index (χ1v) is 8.09. The minimum Gasteiger partial charge on any atom is -0.446 e. The number of carbonyl (C=O) groups is 1. The molecule has 0 radical (unpaired) electrons. The minimum atomic E-state index is -0.598. The molecule has 0 fully saturated rings. The molecule has 1 aromatic rings. The molecule has 3 rings (SSSR count). The van der Waals surface area contributed by atoms with Gasteiger partial charge in [0.05, 0.1) is 12.0 Å². The number of nitrogens with one attached hydrogen (secondary N) is 1. The average molecular weight is 327 g/mol. The zero-order valence-electron chi connectivity index (χ0n) is 14.2. The van der Waals surface area contributed by atoms with Gasteiger partial charge in [-0.1, -0.05) is 39.8 Å². The summed E-state index contributed by atoms with van der Waals surface area (Å²) in [5, 5.41) is 2.89. The first-order chi connectivity index (χ1) is 11.4. The smallest absolute Gasteiger partial charge is 0.265 e. The molecule has 0 unspecified atom stereocenters. The predicted molar refractivity (Wildman–Crippen MR) is 92.1 cm³/mol. The lowest BCUT2D eigenvalue weighted by atomic mass is 9.99. The van der Waals surface area contributed by atoms with E-state index in [0.29, 0.717) is 17.1 Å². The van der Waals surface area contributed by atoms with Crippen LogP contribution in [0.2, 0.25) is 0 Å².